The van der Waals surface area contributed by atoms with Gasteiger partial charge in [0.2, 0.25) is 0 Å². The van der Waals surface area contributed by atoms with E-state index in [0.29, 0.717) is 17.4 Å². The Bertz CT molecular complexity index is 736. The second-order valence-corrected chi connectivity index (χ2v) is 7.35. The van der Waals surface area contributed by atoms with Crippen LogP contribution in [0.5, 0.6) is 0 Å². The Morgan fingerprint density at radius 1 is 1.07 bits per heavy atom. The van der Waals surface area contributed by atoms with E-state index < -0.39 is 0 Å². The molecule has 0 atom stereocenters. The fraction of sp³-hybridized carbons (Fsp3) is 0.450. The van der Waals surface area contributed by atoms with Gasteiger partial charge in [0.1, 0.15) is 11.5 Å². The molecular formula is C20H28N6O. The van der Waals surface area contributed by atoms with Gasteiger partial charge in [-0.3, -0.25) is 4.79 Å². The van der Waals surface area contributed by atoms with E-state index in [-0.39, 0.29) is 5.91 Å². The highest BCUT2D eigenvalue weighted by Crippen LogP contribution is 2.19. The molecule has 0 spiro atoms. The van der Waals surface area contributed by atoms with Crippen molar-refractivity contribution < 1.29 is 4.79 Å². The largest absolute Gasteiger partial charge is 0.369 e. The summed E-state index contributed by atoms with van der Waals surface area (Å²) in [5, 5.41) is 6.06. The van der Waals surface area contributed by atoms with Gasteiger partial charge in [0.15, 0.2) is 0 Å². The lowest BCUT2D eigenvalue weighted by Gasteiger charge is -2.34. The number of likely N-dealkylation sites (N-methyl/N-ethyl adjacent to an activating group) is 1. The van der Waals surface area contributed by atoms with E-state index in [1.807, 2.05) is 24.3 Å². The van der Waals surface area contributed by atoms with Crippen molar-refractivity contribution in [3.05, 3.63) is 42.4 Å². The van der Waals surface area contributed by atoms with Crippen LogP contribution in [0.1, 0.15) is 24.3 Å². The topological polar surface area (TPSA) is 73.4 Å². The molecule has 0 aliphatic carbocycles. The Balaban J connectivity index is 1.56. The minimum Gasteiger partial charge on any atom is -0.369 e. The Kier molecular flexibility index (Phi) is 6.24. The van der Waals surface area contributed by atoms with Crippen LogP contribution in [-0.2, 0) is 0 Å². The minimum absolute atomic E-state index is 0.259. The van der Waals surface area contributed by atoms with Crippen molar-refractivity contribution in [3.63, 3.8) is 0 Å². The Morgan fingerprint density at radius 2 is 1.78 bits per heavy atom. The first-order valence-corrected chi connectivity index (χ1v) is 9.42. The number of benzene rings is 1. The molecule has 1 aliphatic rings. The average Bonchev–Trinajstić information content (AvgIpc) is 2.68. The quantitative estimate of drug-likeness (QED) is 0.816. The van der Waals surface area contributed by atoms with Crippen molar-refractivity contribution in [2.45, 2.75) is 13.8 Å². The molecular weight excluding hydrogens is 340 g/mol. The van der Waals surface area contributed by atoms with E-state index >= 15 is 0 Å². The standard InChI is InChI=1S/C20H28N6O/c1-15(2)12-22-19-14-21-18(13-23-19)20(27)24-16-4-6-17(7-5-16)26-10-8-25(3)9-11-26/h4-7,13-15H,8-12H2,1-3H3,(H,22,23)(H,24,27). The van der Waals surface area contributed by atoms with Gasteiger partial charge in [0.05, 0.1) is 12.4 Å². The Labute approximate surface area is 160 Å². The molecule has 1 aliphatic heterocycles. The summed E-state index contributed by atoms with van der Waals surface area (Å²) in [6, 6.07) is 7.95. The zero-order valence-electron chi connectivity index (χ0n) is 16.3. The second-order valence-electron chi connectivity index (χ2n) is 7.35. The summed E-state index contributed by atoms with van der Waals surface area (Å²) in [7, 11) is 2.14. The lowest BCUT2D eigenvalue weighted by atomic mass is 10.2. The lowest BCUT2D eigenvalue weighted by Crippen LogP contribution is -2.44. The number of anilines is 3. The van der Waals surface area contributed by atoms with Crippen molar-refractivity contribution in [3.8, 4) is 0 Å². The van der Waals surface area contributed by atoms with Gasteiger partial charge in [0.25, 0.3) is 5.91 Å². The zero-order chi connectivity index (χ0) is 19.2. The molecule has 0 radical (unpaired) electrons. The maximum atomic E-state index is 12.4. The smallest absolute Gasteiger partial charge is 0.275 e. The summed E-state index contributed by atoms with van der Waals surface area (Å²) < 4.78 is 0. The summed E-state index contributed by atoms with van der Waals surface area (Å²) in [5.41, 5.74) is 2.23. The second kappa shape index (κ2) is 8.81. The van der Waals surface area contributed by atoms with E-state index in [1.165, 1.54) is 11.9 Å². The highest BCUT2D eigenvalue weighted by atomic mass is 16.1. The highest BCUT2D eigenvalue weighted by molar-refractivity contribution is 6.02. The van der Waals surface area contributed by atoms with Gasteiger partial charge in [-0.15, -0.1) is 0 Å². The van der Waals surface area contributed by atoms with Crippen LogP contribution in [0.15, 0.2) is 36.7 Å². The van der Waals surface area contributed by atoms with Crippen LogP contribution < -0.4 is 15.5 Å². The summed E-state index contributed by atoms with van der Waals surface area (Å²) in [5.74, 6) is 0.936. The molecule has 27 heavy (non-hydrogen) atoms. The molecule has 2 heterocycles. The maximum Gasteiger partial charge on any atom is 0.275 e. The van der Waals surface area contributed by atoms with Crippen molar-refractivity contribution in [1.82, 2.24) is 14.9 Å². The predicted octanol–water partition coefficient (Wildman–Crippen LogP) is 2.55. The van der Waals surface area contributed by atoms with Crippen LogP contribution in [0.2, 0.25) is 0 Å². The minimum atomic E-state index is -0.259. The van der Waals surface area contributed by atoms with Crippen molar-refractivity contribution >= 4 is 23.1 Å². The van der Waals surface area contributed by atoms with Crippen LogP contribution in [0.4, 0.5) is 17.2 Å². The number of piperazine rings is 1. The van der Waals surface area contributed by atoms with Crippen LogP contribution in [0.25, 0.3) is 0 Å². The summed E-state index contributed by atoms with van der Waals surface area (Å²) in [6.45, 7) is 9.25. The molecule has 0 bridgehead atoms. The number of carbonyl (C=O) groups excluding carboxylic acids is 1. The monoisotopic (exact) mass is 368 g/mol. The molecule has 1 aromatic heterocycles. The molecule has 144 valence electrons. The van der Waals surface area contributed by atoms with Gasteiger partial charge in [-0.2, -0.15) is 0 Å². The van der Waals surface area contributed by atoms with Crippen LogP contribution in [-0.4, -0.2) is 60.5 Å². The number of nitrogens with one attached hydrogen (secondary N) is 2. The molecule has 0 saturated carbocycles. The summed E-state index contributed by atoms with van der Waals surface area (Å²) >= 11 is 0. The molecule has 1 saturated heterocycles. The maximum absolute atomic E-state index is 12.4. The first kappa shape index (κ1) is 19.1. The molecule has 3 rings (SSSR count). The lowest BCUT2D eigenvalue weighted by molar-refractivity contribution is 0.102. The van der Waals surface area contributed by atoms with E-state index in [4.69, 9.17) is 0 Å². The molecule has 1 amide bonds. The average molecular weight is 368 g/mol. The van der Waals surface area contributed by atoms with E-state index in [1.54, 1.807) is 6.20 Å². The van der Waals surface area contributed by atoms with Gasteiger partial charge in [0, 0.05) is 44.1 Å². The molecule has 1 aromatic carbocycles. The first-order chi connectivity index (χ1) is 13.0. The number of hydrogen-bond donors (Lipinski definition) is 2. The predicted molar refractivity (Wildman–Crippen MR) is 109 cm³/mol. The number of hydrogen-bond acceptors (Lipinski definition) is 6. The van der Waals surface area contributed by atoms with Gasteiger partial charge in [-0.25, -0.2) is 9.97 Å². The Morgan fingerprint density at radius 3 is 2.37 bits per heavy atom. The molecule has 7 heteroatoms. The summed E-state index contributed by atoms with van der Waals surface area (Å²) in [6.07, 6.45) is 3.09. The third-order valence-electron chi connectivity index (χ3n) is 4.57. The van der Waals surface area contributed by atoms with Crippen molar-refractivity contribution in [2.24, 2.45) is 5.92 Å². The van der Waals surface area contributed by atoms with Crippen LogP contribution >= 0.6 is 0 Å². The summed E-state index contributed by atoms with van der Waals surface area (Å²) in [4.78, 5) is 25.5. The number of carbonyl (C=O) groups is 1. The number of aromatic nitrogens is 2. The molecule has 2 N–H and O–H groups in total. The Hall–Kier alpha value is -2.67. The number of amides is 1. The fourth-order valence-electron chi connectivity index (χ4n) is 2.86. The SMILES string of the molecule is CC(C)CNc1cnc(C(=O)Nc2ccc(N3CCN(C)CC3)cc2)cn1. The van der Waals surface area contributed by atoms with Crippen LogP contribution in [0.3, 0.4) is 0 Å². The van der Waals surface area contributed by atoms with Gasteiger partial charge in [-0.05, 0) is 37.2 Å². The van der Waals surface area contributed by atoms with Crippen molar-refractivity contribution in [2.75, 3.05) is 55.3 Å². The fourth-order valence-corrected chi connectivity index (χ4v) is 2.86. The third-order valence-corrected chi connectivity index (χ3v) is 4.57. The molecule has 2 aromatic rings. The molecule has 7 nitrogen and oxygen atoms in total. The highest BCUT2D eigenvalue weighted by Gasteiger charge is 2.14. The van der Waals surface area contributed by atoms with E-state index in [9.17, 15) is 4.79 Å². The van der Waals surface area contributed by atoms with E-state index in [0.717, 1.165) is 38.4 Å². The van der Waals surface area contributed by atoms with Gasteiger partial charge in [-0.1, -0.05) is 13.8 Å². The number of nitrogens with zero attached hydrogens (tertiary/aromatic N) is 4. The zero-order valence-corrected chi connectivity index (χ0v) is 16.3. The number of rotatable bonds is 6. The van der Waals surface area contributed by atoms with Gasteiger partial charge >= 0.3 is 0 Å². The third kappa shape index (κ3) is 5.40. The first-order valence-electron chi connectivity index (χ1n) is 9.42. The van der Waals surface area contributed by atoms with E-state index in [2.05, 4.69) is 51.3 Å². The van der Waals surface area contributed by atoms with Gasteiger partial charge < -0.3 is 20.4 Å². The van der Waals surface area contributed by atoms with Crippen LogP contribution in [0, 0.1) is 5.92 Å². The molecule has 1 fully saturated rings. The normalized spacial score (nSPS) is 15.0. The molecule has 0 unspecified atom stereocenters. The van der Waals surface area contributed by atoms with Crippen molar-refractivity contribution in [1.29, 1.82) is 0 Å².